The van der Waals surface area contributed by atoms with E-state index in [2.05, 4.69) is 142 Å². The van der Waals surface area contributed by atoms with Crippen LogP contribution in [0.2, 0.25) is 0 Å². The molecule has 0 aliphatic rings. The Morgan fingerprint density at radius 3 is 0.747 bits per heavy atom. The molecule has 0 spiro atoms. The van der Waals surface area contributed by atoms with E-state index in [1.807, 2.05) is 0 Å². The van der Waals surface area contributed by atoms with Gasteiger partial charge in [0.25, 0.3) is 0 Å². The number of allylic oxidation sites excluding steroid dienone is 20. The van der Waals surface area contributed by atoms with E-state index < -0.39 is 6.10 Å². The fourth-order valence-corrected chi connectivity index (χ4v) is 9.73. The molecule has 0 bridgehead atoms. The quantitative estimate of drug-likeness (QED) is 0.0261. The zero-order valence-corrected chi connectivity index (χ0v) is 54.4. The van der Waals surface area contributed by atoms with Crippen LogP contribution in [0.3, 0.4) is 0 Å². The van der Waals surface area contributed by atoms with Gasteiger partial charge >= 0.3 is 17.9 Å². The first-order chi connectivity index (χ1) is 41.0. The fraction of sp³-hybridized carbons (Fsp3) is 0.701. The van der Waals surface area contributed by atoms with Gasteiger partial charge in [0.2, 0.25) is 0 Å². The van der Waals surface area contributed by atoms with Crippen LogP contribution in [0.1, 0.15) is 329 Å². The van der Waals surface area contributed by atoms with E-state index in [1.165, 1.54) is 141 Å². The first kappa shape index (κ1) is 78.8. The summed E-state index contributed by atoms with van der Waals surface area (Å²) in [6.07, 6.45) is 97.8. The highest BCUT2D eigenvalue weighted by Crippen LogP contribution is 2.17. The Kier molecular flexibility index (Phi) is 66.7. The van der Waals surface area contributed by atoms with Crippen LogP contribution >= 0.6 is 0 Å². The number of carbonyl (C=O) groups is 3. The summed E-state index contributed by atoms with van der Waals surface area (Å²) in [4.78, 5) is 38.4. The average molecular weight is 1150 g/mol. The van der Waals surface area contributed by atoms with Gasteiger partial charge in [-0.2, -0.15) is 0 Å². The van der Waals surface area contributed by atoms with Gasteiger partial charge in [0, 0.05) is 19.3 Å². The van der Waals surface area contributed by atoms with Crippen molar-refractivity contribution in [2.45, 2.75) is 335 Å². The van der Waals surface area contributed by atoms with Gasteiger partial charge < -0.3 is 14.2 Å². The number of ether oxygens (including phenoxy) is 3. The lowest BCUT2D eigenvalue weighted by Crippen LogP contribution is -2.30. The molecule has 1 atom stereocenters. The molecule has 0 amide bonds. The van der Waals surface area contributed by atoms with Gasteiger partial charge in [0.05, 0.1) is 0 Å². The predicted molar refractivity (Wildman–Crippen MR) is 362 cm³/mol. The molecule has 0 N–H and O–H groups in total. The van der Waals surface area contributed by atoms with Gasteiger partial charge in [0.1, 0.15) is 13.2 Å². The first-order valence-corrected chi connectivity index (χ1v) is 35.0. The number of unbranched alkanes of at least 4 members (excludes halogenated alkanes) is 32. The normalized spacial score (nSPS) is 12.9. The zero-order valence-electron chi connectivity index (χ0n) is 54.4. The molecule has 83 heavy (non-hydrogen) atoms. The van der Waals surface area contributed by atoms with Crippen LogP contribution in [0, 0.1) is 0 Å². The summed E-state index contributed by atoms with van der Waals surface area (Å²) in [6.45, 7) is 6.52. The second kappa shape index (κ2) is 70.3. The minimum Gasteiger partial charge on any atom is -0.462 e. The number of esters is 3. The van der Waals surface area contributed by atoms with Gasteiger partial charge in [-0.1, -0.05) is 316 Å². The van der Waals surface area contributed by atoms with Crippen LogP contribution in [0.4, 0.5) is 0 Å². The van der Waals surface area contributed by atoms with Crippen LogP contribution in [0.5, 0.6) is 0 Å². The molecule has 0 rings (SSSR count). The number of carbonyl (C=O) groups excluding carboxylic acids is 3. The summed E-state index contributed by atoms with van der Waals surface area (Å²) < 4.78 is 17.0. The van der Waals surface area contributed by atoms with E-state index in [0.717, 1.165) is 148 Å². The third-order valence-corrected chi connectivity index (χ3v) is 15.0. The molecule has 0 aromatic rings. The lowest BCUT2D eigenvalue weighted by Gasteiger charge is -2.18. The van der Waals surface area contributed by atoms with Crippen molar-refractivity contribution in [3.63, 3.8) is 0 Å². The molecule has 0 aliphatic carbocycles. The summed E-state index contributed by atoms with van der Waals surface area (Å²) in [5.74, 6) is -0.903. The van der Waals surface area contributed by atoms with Gasteiger partial charge in [0.15, 0.2) is 6.10 Å². The third-order valence-electron chi connectivity index (χ3n) is 15.0. The molecule has 474 valence electrons. The molecule has 1 unspecified atom stereocenters. The van der Waals surface area contributed by atoms with Crippen molar-refractivity contribution in [3.05, 3.63) is 122 Å². The van der Waals surface area contributed by atoms with E-state index in [1.54, 1.807) is 0 Å². The van der Waals surface area contributed by atoms with Crippen LogP contribution in [-0.2, 0) is 28.6 Å². The van der Waals surface area contributed by atoms with Crippen LogP contribution in [0.15, 0.2) is 122 Å². The summed E-state index contributed by atoms with van der Waals surface area (Å²) in [7, 11) is 0. The van der Waals surface area contributed by atoms with E-state index in [4.69, 9.17) is 14.2 Å². The van der Waals surface area contributed by atoms with Crippen LogP contribution < -0.4 is 0 Å². The maximum absolute atomic E-state index is 12.9. The average Bonchev–Trinajstić information content (AvgIpc) is 3.49. The Morgan fingerprint density at radius 1 is 0.253 bits per heavy atom. The molecular weight excluding hydrogens is 1020 g/mol. The van der Waals surface area contributed by atoms with Crippen molar-refractivity contribution in [2.75, 3.05) is 13.2 Å². The van der Waals surface area contributed by atoms with E-state index in [9.17, 15) is 14.4 Å². The molecule has 0 radical (unpaired) electrons. The molecule has 0 fully saturated rings. The Morgan fingerprint density at radius 2 is 0.470 bits per heavy atom. The third kappa shape index (κ3) is 68.5. The first-order valence-electron chi connectivity index (χ1n) is 35.0. The van der Waals surface area contributed by atoms with Crippen molar-refractivity contribution < 1.29 is 28.6 Å². The fourth-order valence-electron chi connectivity index (χ4n) is 9.73. The van der Waals surface area contributed by atoms with E-state index in [-0.39, 0.29) is 31.1 Å². The maximum Gasteiger partial charge on any atom is 0.306 e. The van der Waals surface area contributed by atoms with Gasteiger partial charge in [-0.25, -0.2) is 0 Å². The highest BCUT2D eigenvalue weighted by molar-refractivity contribution is 5.71. The van der Waals surface area contributed by atoms with E-state index >= 15 is 0 Å². The number of rotatable bonds is 63. The smallest absolute Gasteiger partial charge is 0.306 e. The molecule has 6 nitrogen and oxygen atoms in total. The highest BCUT2D eigenvalue weighted by atomic mass is 16.6. The molecule has 0 aromatic carbocycles. The second-order valence-corrected chi connectivity index (χ2v) is 23.1. The SMILES string of the molecule is CC/C=C\C/C=C\C/C=C\C/C=C\C/C=C\C/C=C\C/C=C\C/C=C\CCCCCCCCC(=O)OCC(COC(=O)CCCCCCC/C=C\C/C=C\CCCCCC)OC(=O)CCCCCCCCCCCCCCCCCCCC. The molecule has 0 heterocycles. The standard InChI is InChI=1S/C77H130O6/c1-4-7-10-13-16-19-22-25-28-31-33-34-35-36-37-38-39-40-41-42-43-44-45-47-49-52-55-58-61-64-67-70-76(79)82-73-74(72-81-75(78)69-66-63-60-57-54-51-48-30-27-24-21-18-15-12-9-6-3)83-77(80)71-68-65-62-59-56-53-50-46-32-29-26-23-20-17-14-11-8-5-2/h7,10,16,19,21,24-25,28,30,33-34,36-37,39-40,42-43,45,47-48,74H,4-6,8-9,11-15,17-18,20,22-23,26-27,29,31-32,35,38,41,44,46,49-73H2,1-3H3/b10-7-,19-16-,24-21-,28-25-,34-33-,37-36-,40-39-,43-42-,47-45-,48-30-. The molecular formula is C77H130O6. The van der Waals surface area contributed by atoms with Crippen LogP contribution in [-0.4, -0.2) is 37.2 Å². The van der Waals surface area contributed by atoms with Gasteiger partial charge in [-0.05, 0) is 116 Å². The van der Waals surface area contributed by atoms with Crippen molar-refractivity contribution in [2.24, 2.45) is 0 Å². The number of hydrogen-bond donors (Lipinski definition) is 0. The Labute approximate surface area is 513 Å². The highest BCUT2D eigenvalue weighted by Gasteiger charge is 2.19. The monoisotopic (exact) mass is 1150 g/mol. The van der Waals surface area contributed by atoms with Gasteiger partial charge in [-0.15, -0.1) is 0 Å². The summed E-state index contributed by atoms with van der Waals surface area (Å²) >= 11 is 0. The summed E-state index contributed by atoms with van der Waals surface area (Å²) in [5, 5.41) is 0. The lowest BCUT2D eigenvalue weighted by molar-refractivity contribution is -0.167. The molecule has 6 heteroatoms. The van der Waals surface area contributed by atoms with Gasteiger partial charge in [-0.3, -0.25) is 14.4 Å². The van der Waals surface area contributed by atoms with Crippen molar-refractivity contribution >= 4 is 17.9 Å². The van der Waals surface area contributed by atoms with Crippen molar-refractivity contribution in [1.29, 1.82) is 0 Å². The zero-order chi connectivity index (χ0) is 59.9. The Bertz CT molecular complexity index is 1700. The molecule has 0 saturated heterocycles. The lowest BCUT2D eigenvalue weighted by atomic mass is 10.0. The largest absolute Gasteiger partial charge is 0.462 e. The predicted octanol–water partition coefficient (Wildman–Crippen LogP) is 24.3. The topological polar surface area (TPSA) is 78.9 Å². The number of hydrogen-bond acceptors (Lipinski definition) is 6. The van der Waals surface area contributed by atoms with E-state index in [0.29, 0.717) is 19.3 Å². The Hall–Kier alpha value is -4.19. The summed E-state index contributed by atoms with van der Waals surface area (Å²) in [5.41, 5.74) is 0. The Balaban J connectivity index is 4.37. The molecule has 0 saturated carbocycles. The van der Waals surface area contributed by atoms with Crippen molar-refractivity contribution in [3.8, 4) is 0 Å². The molecule has 0 aromatic heterocycles. The molecule has 0 aliphatic heterocycles. The maximum atomic E-state index is 12.9. The summed E-state index contributed by atoms with van der Waals surface area (Å²) in [6, 6.07) is 0. The van der Waals surface area contributed by atoms with Crippen LogP contribution in [0.25, 0.3) is 0 Å². The minimum atomic E-state index is -0.793. The second-order valence-electron chi connectivity index (χ2n) is 23.1. The van der Waals surface area contributed by atoms with Crippen molar-refractivity contribution in [1.82, 2.24) is 0 Å². The minimum absolute atomic E-state index is 0.0890.